The monoisotopic (exact) mass is 277 g/mol. The van der Waals surface area contributed by atoms with Crippen molar-refractivity contribution in [2.45, 2.75) is 18.0 Å². The van der Waals surface area contributed by atoms with Crippen LogP contribution in [-0.4, -0.2) is 13.4 Å². The molecule has 0 fully saturated rings. The molecule has 0 amide bonds. The summed E-state index contributed by atoms with van der Waals surface area (Å²) in [6, 6.07) is 10.4. The van der Waals surface area contributed by atoms with Crippen molar-refractivity contribution in [2.75, 3.05) is 0 Å². The number of hydrogen-bond acceptors (Lipinski definition) is 4. The average Bonchev–Trinajstić information content (AvgIpc) is 2.39. The summed E-state index contributed by atoms with van der Waals surface area (Å²) in [7, 11) is -3.61. The van der Waals surface area contributed by atoms with Gasteiger partial charge in [0.2, 0.25) is 10.0 Å². The van der Waals surface area contributed by atoms with Gasteiger partial charge >= 0.3 is 0 Å². The highest BCUT2D eigenvalue weighted by Gasteiger charge is 2.06. The number of aromatic nitrogens is 1. The van der Waals surface area contributed by atoms with Crippen LogP contribution in [0.25, 0.3) is 0 Å². The van der Waals surface area contributed by atoms with Crippen LogP contribution in [0, 0.1) is 0 Å². The summed E-state index contributed by atoms with van der Waals surface area (Å²) in [5.41, 5.74) is 2.10. The van der Waals surface area contributed by atoms with Crippen LogP contribution >= 0.6 is 0 Å². The molecule has 0 spiro atoms. The zero-order chi connectivity index (χ0) is 13.7. The number of sulfonamides is 1. The molecule has 2 aromatic rings. The number of nitrogens with one attached hydrogen (secondary N) is 1. The lowest BCUT2D eigenvalue weighted by molar-refractivity contribution is 0.597. The fourth-order valence-electron chi connectivity index (χ4n) is 1.65. The maximum absolute atomic E-state index is 11.1. The minimum atomic E-state index is -3.61. The number of nitrogens with two attached hydrogens (primary N) is 1. The minimum absolute atomic E-state index is 0.128. The molecule has 1 heterocycles. The first-order valence-corrected chi connectivity index (χ1v) is 7.32. The Morgan fingerprint density at radius 3 is 2.32 bits per heavy atom. The topological polar surface area (TPSA) is 85.1 Å². The molecule has 100 valence electrons. The lowest BCUT2D eigenvalue weighted by atomic mass is 10.2. The third-order valence-corrected chi connectivity index (χ3v) is 3.56. The van der Waals surface area contributed by atoms with Gasteiger partial charge in [0, 0.05) is 25.5 Å². The van der Waals surface area contributed by atoms with Gasteiger partial charge in [-0.2, -0.15) is 0 Å². The lowest BCUT2D eigenvalue weighted by Gasteiger charge is -2.05. The van der Waals surface area contributed by atoms with Gasteiger partial charge in [-0.05, 0) is 29.3 Å². The second-order valence-electron chi connectivity index (χ2n) is 4.15. The third-order valence-electron chi connectivity index (χ3n) is 2.63. The summed E-state index contributed by atoms with van der Waals surface area (Å²) < 4.78 is 22.2. The van der Waals surface area contributed by atoms with E-state index in [0.717, 1.165) is 11.1 Å². The standard InChI is InChI=1S/C13H15N3O2S/c14-19(17,18)13-5-3-11(4-6-13)8-16-10-12-2-1-7-15-9-12/h1-7,9,16H,8,10H2,(H2,14,17,18). The van der Waals surface area contributed by atoms with Crippen LogP contribution in [0.15, 0.2) is 53.7 Å². The molecule has 0 aliphatic heterocycles. The predicted octanol–water partition coefficient (Wildman–Crippen LogP) is 1.02. The van der Waals surface area contributed by atoms with Crippen molar-refractivity contribution >= 4 is 10.0 Å². The molecule has 0 aliphatic rings. The van der Waals surface area contributed by atoms with E-state index < -0.39 is 10.0 Å². The molecule has 5 nitrogen and oxygen atoms in total. The Labute approximate surface area is 112 Å². The molecule has 0 unspecified atom stereocenters. The largest absolute Gasteiger partial charge is 0.309 e. The number of nitrogens with zero attached hydrogens (tertiary/aromatic N) is 1. The van der Waals surface area contributed by atoms with Crippen LogP contribution in [0.2, 0.25) is 0 Å². The van der Waals surface area contributed by atoms with E-state index in [1.54, 1.807) is 24.5 Å². The maximum Gasteiger partial charge on any atom is 0.238 e. The second-order valence-corrected chi connectivity index (χ2v) is 5.72. The molecule has 0 saturated carbocycles. The fraction of sp³-hybridized carbons (Fsp3) is 0.154. The van der Waals surface area contributed by atoms with Gasteiger partial charge in [-0.1, -0.05) is 18.2 Å². The Balaban J connectivity index is 1.90. The maximum atomic E-state index is 11.1. The Hall–Kier alpha value is -1.76. The Morgan fingerprint density at radius 2 is 1.74 bits per heavy atom. The smallest absolute Gasteiger partial charge is 0.238 e. The van der Waals surface area contributed by atoms with E-state index in [1.165, 1.54) is 12.1 Å². The molecular weight excluding hydrogens is 262 g/mol. The highest BCUT2D eigenvalue weighted by atomic mass is 32.2. The van der Waals surface area contributed by atoms with Crippen molar-refractivity contribution in [2.24, 2.45) is 5.14 Å². The van der Waals surface area contributed by atoms with Gasteiger partial charge in [0.1, 0.15) is 0 Å². The number of rotatable bonds is 5. The fourth-order valence-corrected chi connectivity index (χ4v) is 2.17. The van der Waals surface area contributed by atoms with Crippen LogP contribution in [0.3, 0.4) is 0 Å². The van der Waals surface area contributed by atoms with Crippen LogP contribution in [-0.2, 0) is 23.1 Å². The van der Waals surface area contributed by atoms with E-state index >= 15 is 0 Å². The van der Waals surface area contributed by atoms with Crippen LogP contribution < -0.4 is 10.5 Å². The summed E-state index contributed by atoms with van der Waals surface area (Å²) in [5.74, 6) is 0. The van der Waals surface area contributed by atoms with Crippen molar-refractivity contribution in [3.63, 3.8) is 0 Å². The highest BCUT2D eigenvalue weighted by Crippen LogP contribution is 2.08. The zero-order valence-corrected chi connectivity index (χ0v) is 11.1. The Morgan fingerprint density at radius 1 is 1.05 bits per heavy atom. The first kappa shape index (κ1) is 13.7. The first-order valence-electron chi connectivity index (χ1n) is 5.77. The number of primary sulfonamides is 1. The van der Waals surface area contributed by atoms with Crippen LogP contribution in [0.5, 0.6) is 0 Å². The van der Waals surface area contributed by atoms with Crippen molar-refractivity contribution in [1.82, 2.24) is 10.3 Å². The molecule has 0 saturated heterocycles. The summed E-state index contributed by atoms with van der Waals surface area (Å²) in [6.45, 7) is 1.37. The van der Waals surface area contributed by atoms with Gasteiger partial charge in [0.05, 0.1) is 4.90 Å². The quantitative estimate of drug-likeness (QED) is 0.854. The summed E-state index contributed by atoms with van der Waals surface area (Å²) in [6.07, 6.45) is 3.53. The van der Waals surface area contributed by atoms with E-state index in [9.17, 15) is 8.42 Å². The number of hydrogen-bond donors (Lipinski definition) is 2. The van der Waals surface area contributed by atoms with E-state index in [-0.39, 0.29) is 4.90 Å². The zero-order valence-electron chi connectivity index (χ0n) is 10.3. The van der Waals surface area contributed by atoms with Gasteiger partial charge < -0.3 is 5.32 Å². The van der Waals surface area contributed by atoms with Crippen LogP contribution in [0.1, 0.15) is 11.1 Å². The summed E-state index contributed by atoms with van der Waals surface area (Å²) in [4.78, 5) is 4.16. The predicted molar refractivity (Wildman–Crippen MR) is 72.6 cm³/mol. The summed E-state index contributed by atoms with van der Waals surface area (Å²) >= 11 is 0. The molecule has 0 radical (unpaired) electrons. The van der Waals surface area contributed by atoms with Gasteiger partial charge in [-0.15, -0.1) is 0 Å². The van der Waals surface area contributed by atoms with Gasteiger partial charge in [-0.25, -0.2) is 13.6 Å². The molecule has 3 N–H and O–H groups in total. The molecule has 1 aromatic carbocycles. The number of benzene rings is 1. The van der Waals surface area contributed by atoms with Crippen molar-refractivity contribution in [3.8, 4) is 0 Å². The molecule has 0 bridgehead atoms. The van der Waals surface area contributed by atoms with Gasteiger partial charge in [0.25, 0.3) is 0 Å². The molecule has 0 aliphatic carbocycles. The van der Waals surface area contributed by atoms with Crippen LogP contribution in [0.4, 0.5) is 0 Å². The molecular formula is C13H15N3O2S. The molecule has 1 aromatic heterocycles. The van der Waals surface area contributed by atoms with E-state index in [1.807, 2.05) is 12.1 Å². The third kappa shape index (κ3) is 4.13. The van der Waals surface area contributed by atoms with Crippen molar-refractivity contribution in [1.29, 1.82) is 0 Å². The van der Waals surface area contributed by atoms with E-state index in [4.69, 9.17) is 5.14 Å². The SMILES string of the molecule is NS(=O)(=O)c1ccc(CNCc2cccnc2)cc1. The Kier molecular flexibility index (Phi) is 4.26. The normalized spacial score (nSPS) is 11.4. The molecule has 2 rings (SSSR count). The first-order chi connectivity index (χ1) is 9.05. The summed E-state index contributed by atoms with van der Waals surface area (Å²) in [5, 5.41) is 8.29. The molecule has 0 atom stereocenters. The van der Waals surface area contributed by atoms with Crippen molar-refractivity contribution in [3.05, 3.63) is 59.9 Å². The van der Waals surface area contributed by atoms with E-state index in [0.29, 0.717) is 13.1 Å². The second kappa shape index (κ2) is 5.92. The molecule has 19 heavy (non-hydrogen) atoms. The number of pyridine rings is 1. The Bertz CT molecular complexity index is 625. The van der Waals surface area contributed by atoms with Gasteiger partial charge in [0.15, 0.2) is 0 Å². The molecule has 6 heteroatoms. The van der Waals surface area contributed by atoms with Crippen molar-refractivity contribution < 1.29 is 8.42 Å². The van der Waals surface area contributed by atoms with Gasteiger partial charge in [-0.3, -0.25) is 4.98 Å². The average molecular weight is 277 g/mol. The minimum Gasteiger partial charge on any atom is -0.309 e. The van der Waals surface area contributed by atoms with E-state index in [2.05, 4.69) is 10.3 Å². The lowest BCUT2D eigenvalue weighted by Crippen LogP contribution is -2.14. The highest BCUT2D eigenvalue weighted by molar-refractivity contribution is 7.89.